The Morgan fingerprint density at radius 1 is 0.705 bits per heavy atom. The molecule has 0 aliphatic carbocycles. The second kappa shape index (κ2) is 28.7. The van der Waals surface area contributed by atoms with Crippen LogP contribution in [0.3, 0.4) is 0 Å². The number of ether oxygens (including phenoxy) is 2. The van der Waals surface area contributed by atoms with Crippen LogP contribution in [0.25, 0.3) is 0 Å². The van der Waals surface area contributed by atoms with Crippen molar-refractivity contribution in [2.45, 2.75) is 155 Å². The first-order valence-electron chi connectivity index (χ1n) is 16.9. The molecule has 0 saturated heterocycles. The van der Waals surface area contributed by atoms with Crippen molar-refractivity contribution in [1.82, 2.24) is 0 Å². The summed E-state index contributed by atoms with van der Waals surface area (Å²) < 4.78 is 26.1. The van der Waals surface area contributed by atoms with E-state index in [1.807, 2.05) is 6.08 Å². The normalized spacial score (nSPS) is 12.8. The smallest absolute Gasteiger partial charge is 0.462 e. The third-order valence-electron chi connectivity index (χ3n) is 7.13. The highest BCUT2D eigenvalue weighted by atomic mass is 31.2. The van der Waals surface area contributed by atoms with E-state index in [4.69, 9.17) is 19.3 Å². The molecule has 0 aromatic rings. The molecule has 0 rings (SSSR count). The maximum absolute atomic E-state index is 12.3. The minimum atomic E-state index is -4.77. The summed E-state index contributed by atoms with van der Waals surface area (Å²) in [5.41, 5.74) is 0. The summed E-state index contributed by atoms with van der Waals surface area (Å²) in [6, 6.07) is 0. The molecule has 0 spiro atoms. The van der Waals surface area contributed by atoms with E-state index >= 15 is 0 Å². The van der Waals surface area contributed by atoms with Gasteiger partial charge in [-0.25, -0.2) is 4.57 Å². The molecular formula is C34H61O9P. The maximum atomic E-state index is 12.3. The Bertz CT molecular complexity index is 848. The van der Waals surface area contributed by atoms with E-state index in [9.17, 15) is 18.9 Å². The zero-order chi connectivity index (χ0) is 32.9. The van der Waals surface area contributed by atoms with Crippen LogP contribution in [0.1, 0.15) is 149 Å². The van der Waals surface area contributed by atoms with Gasteiger partial charge in [0.2, 0.25) is 0 Å². The van der Waals surface area contributed by atoms with Gasteiger partial charge in [-0.15, -0.1) is 0 Å². The highest BCUT2D eigenvalue weighted by Crippen LogP contribution is 2.36. The van der Waals surface area contributed by atoms with Gasteiger partial charge in [-0.2, -0.15) is 0 Å². The van der Waals surface area contributed by atoms with Gasteiger partial charge in [0.1, 0.15) is 6.61 Å². The number of allylic oxidation sites excluding steroid dienone is 4. The zero-order valence-electron chi connectivity index (χ0n) is 27.7. The molecule has 0 unspecified atom stereocenters. The van der Waals surface area contributed by atoms with Crippen molar-refractivity contribution in [3.8, 4) is 0 Å². The summed E-state index contributed by atoms with van der Waals surface area (Å²) in [5.74, 6) is -0.124. The first-order chi connectivity index (χ1) is 21.0. The predicted molar refractivity (Wildman–Crippen MR) is 175 cm³/mol. The number of hydrogen-bond donors (Lipinski definition) is 2. The lowest BCUT2D eigenvalue weighted by molar-refractivity contribution is -0.161. The van der Waals surface area contributed by atoms with Gasteiger partial charge >= 0.3 is 19.8 Å². The lowest BCUT2D eigenvalue weighted by atomic mass is 10.0. The molecule has 0 heterocycles. The molecule has 0 saturated carbocycles. The molecule has 0 bridgehead atoms. The average molecular weight is 645 g/mol. The summed E-state index contributed by atoms with van der Waals surface area (Å²) in [6.45, 7) is 5.75. The van der Waals surface area contributed by atoms with Crippen LogP contribution in [-0.2, 0) is 32.9 Å². The number of phosphoric acid groups is 1. The highest BCUT2D eigenvalue weighted by Gasteiger charge is 2.22. The first kappa shape index (κ1) is 42.2. The number of carbonyl (C=O) groups is 3. The molecule has 44 heavy (non-hydrogen) atoms. The van der Waals surface area contributed by atoms with Crippen molar-refractivity contribution in [1.29, 1.82) is 0 Å². The third kappa shape index (κ3) is 31.6. The van der Waals surface area contributed by atoms with Crippen LogP contribution in [0.5, 0.6) is 0 Å². The van der Waals surface area contributed by atoms with Crippen LogP contribution in [0.15, 0.2) is 24.3 Å². The van der Waals surface area contributed by atoms with Gasteiger partial charge < -0.3 is 19.3 Å². The van der Waals surface area contributed by atoms with Gasteiger partial charge in [-0.1, -0.05) is 116 Å². The Morgan fingerprint density at radius 2 is 1.27 bits per heavy atom. The molecule has 10 heteroatoms. The second-order valence-corrected chi connectivity index (χ2v) is 13.2. The molecule has 0 aromatic heterocycles. The molecule has 256 valence electrons. The minimum Gasteiger partial charge on any atom is -0.462 e. The van der Waals surface area contributed by atoms with Crippen LogP contribution in [0, 0.1) is 5.92 Å². The largest absolute Gasteiger partial charge is 0.469 e. The van der Waals surface area contributed by atoms with Crippen LogP contribution in [-0.4, -0.2) is 46.8 Å². The van der Waals surface area contributed by atoms with E-state index in [0.29, 0.717) is 19.3 Å². The monoisotopic (exact) mass is 644 g/mol. The third-order valence-corrected chi connectivity index (χ3v) is 7.61. The Hall–Kier alpha value is -1.80. The molecule has 0 aliphatic heterocycles. The fraction of sp³-hybridized carbons (Fsp3) is 0.794. The van der Waals surface area contributed by atoms with Crippen LogP contribution in [0.2, 0.25) is 0 Å². The summed E-state index contributed by atoms with van der Waals surface area (Å²) in [5, 5.41) is 0. The topological polar surface area (TPSA) is 136 Å². The van der Waals surface area contributed by atoms with E-state index in [0.717, 1.165) is 57.3 Å². The number of hydrogen-bond acceptors (Lipinski definition) is 7. The van der Waals surface area contributed by atoms with Crippen LogP contribution < -0.4 is 0 Å². The fourth-order valence-corrected chi connectivity index (χ4v) is 4.90. The van der Waals surface area contributed by atoms with Gasteiger partial charge in [0.25, 0.3) is 0 Å². The van der Waals surface area contributed by atoms with Gasteiger partial charge in [-0.05, 0) is 44.1 Å². The maximum Gasteiger partial charge on any atom is 0.469 e. The standard InChI is InChI=1S/C34H61O9P/c1-4-5-6-7-9-14-19-24-31(35)25-20-15-12-17-22-27-34(37)43-32(29-42-44(38,39)40)28-41-33(36)26-21-16-11-8-10-13-18-23-30(2)3/h9,14,19,24,30,32H,4-8,10-13,15-18,20-23,25-29H2,1-3H3,(H2,38,39,40)/b14-9-,24-19+/t32-/m1/s1. The van der Waals surface area contributed by atoms with Crippen molar-refractivity contribution < 1.29 is 42.7 Å². The first-order valence-corrected chi connectivity index (χ1v) is 18.5. The molecule has 0 aromatic carbocycles. The van der Waals surface area contributed by atoms with E-state index in [1.54, 1.807) is 12.2 Å². The Morgan fingerprint density at radius 3 is 1.86 bits per heavy atom. The number of carbonyl (C=O) groups excluding carboxylic acids is 3. The molecule has 0 aliphatic rings. The molecule has 2 N–H and O–H groups in total. The van der Waals surface area contributed by atoms with Gasteiger partial charge in [-0.3, -0.25) is 18.9 Å². The summed E-state index contributed by atoms with van der Waals surface area (Å²) in [6.07, 6.45) is 24.6. The predicted octanol–water partition coefficient (Wildman–Crippen LogP) is 8.71. The van der Waals surface area contributed by atoms with Crippen LogP contribution in [0.4, 0.5) is 0 Å². The number of ketones is 1. The SMILES string of the molecule is CCCCC/C=C\C=C\C(=O)CCCCCCCC(=O)O[C@H](COC(=O)CCCCCCCCCC(C)C)COP(=O)(O)O. The molecule has 9 nitrogen and oxygen atoms in total. The quantitative estimate of drug-likeness (QED) is 0.0259. The lowest BCUT2D eigenvalue weighted by Crippen LogP contribution is -2.29. The van der Waals surface area contributed by atoms with Gasteiger partial charge in [0.05, 0.1) is 6.61 Å². The summed E-state index contributed by atoms with van der Waals surface area (Å²) in [4.78, 5) is 54.4. The van der Waals surface area contributed by atoms with Crippen LogP contribution >= 0.6 is 7.82 Å². The van der Waals surface area contributed by atoms with Crippen molar-refractivity contribution >= 4 is 25.5 Å². The van der Waals surface area contributed by atoms with Gasteiger partial charge in [0.15, 0.2) is 11.9 Å². The lowest BCUT2D eigenvalue weighted by Gasteiger charge is -2.18. The molecule has 0 fully saturated rings. The van der Waals surface area contributed by atoms with Crippen molar-refractivity contribution in [3.05, 3.63) is 24.3 Å². The number of esters is 2. The van der Waals surface area contributed by atoms with Crippen molar-refractivity contribution in [2.75, 3.05) is 13.2 Å². The molecular weight excluding hydrogens is 583 g/mol. The van der Waals surface area contributed by atoms with Crippen molar-refractivity contribution in [3.63, 3.8) is 0 Å². The molecule has 0 radical (unpaired) electrons. The number of rotatable bonds is 30. The molecule has 1 atom stereocenters. The summed E-state index contributed by atoms with van der Waals surface area (Å²) in [7, 11) is -4.77. The van der Waals surface area contributed by atoms with Crippen molar-refractivity contribution in [2.24, 2.45) is 5.92 Å². The fourth-order valence-electron chi connectivity index (χ4n) is 4.54. The minimum absolute atomic E-state index is 0.110. The van der Waals surface area contributed by atoms with E-state index in [-0.39, 0.29) is 25.2 Å². The van der Waals surface area contributed by atoms with E-state index < -0.39 is 32.5 Å². The Kier molecular flexibility index (Phi) is 27.5. The Balaban J connectivity index is 4.12. The second-order valence-electron chi connectivity index (χ2n) is 12.0. The molecule has 0 amide bonds. The van der Waals surface area contributed by atoms with E-state index in [2.05, 4.69) is 31.4 Å². The zero-order valence-corrected chi connectivity index (χ0v) is 28.6. The Labute approximate surface area is 266 Å². The van der Waals surface area contributed by atoms with Gasteiger partial charge in [0, 0.05) is 19.3 Å². The number of phosphoric ester groups is 1. The van der Waals surface area contributed by atoms with E-state index in [1.165, 1.54) is 44.9 Å². The number of unbranched alkanes of at least 4 members (excludes halogenated alkanes) is 13. The highest BCUT2D eigenvalue weighted by molar-refractivity contribution is 7.46. The summed E-state index contributed by atoms with van der Waals surface area (Å²) >= 11 is 0. The average Bonchev–Trinajstić information content (AvgIpc) is 2.96.